The number of carboxylic acids is 1. The van der Waals surface area contributed by atoms with Crippen LogP contribution in [-0.2, 0) is 11.2 Å². The van der Waals surface area contributed by atoms with Gasteiger partial charge in [-0.25, -0.2) is 4.98 Å². The van der Waals surface area contributed by atoms with Gasteiger partial charge in [0.15, 0.2) is 0 Å². The van der Waals surface area contributed by atoms with Gasteiger partial charge in [-0.15, -0.1) is 0 Å². The van der Waals surface area contributed by atoms with Gasteiger partial charge in [0, 0.05) is 0 Å². The molecule has 0 radical (unpaired) electrons. The van der Waals surface area contributed by atoms with E-state index < -0.39 is 11.4 Å². The van der Waals surface area contributed by atoms with Gasteiger partial charge in [-0.3, -0.25) is 4.79 Å². The highest BCUT2D eigenvalue weighted by Gasteiger charge is 2.27. The summed E-state index contributed by atoms with van der Waals surface area (Å²) in [5.41, 5.74) is 2.10. The van der Waals surface area contributed by atoms with Crippen LogP contribution in [0.5, 0.6) is 0 Å². The van der Waals surface area contributed by atoms with E-state index in [0.717, 1.165) is 16.6 Å². The van der Waals surface area contributed by atoms with Crippen molar-refractivity contribution in [1.82, 2.24) is 9.97 Å². The molecule has 16 heavy (non-hydrogen) atoms. The van der Waals surface area contributed by atoms with Gasteiger partial charge in [-0.2, -0.15) is 0 Å². The highest BCUT2D eigenvalue weighted by Crippen LogP contribution is 2.23. The number of aliphatic carboxylic acids is 1. The van der Waals surface area contributed by atoms with Crippen LogP contribution in [0.2, 0.25) is 0 Å². The van der Waals surface area contributed by atoms with Crippen LogP contribution in [0.25, 0.3) is 11.0 Å². The van der Waals surface area contributed by atoms with E-state index in [0.29, 0.717) is 6.42 Å². The smallest absolute Gasteiger partial charge is 0.309 e. The summed E-state index contributed by atoms with van der Waals surface area (Å²) in [4.78, 5) is 18.2. The quantitative estimate of drug-likeness (QED) is 0.830. The zero-order chi connectivity index (χ0) is 11.8. The van der Waals surface area contributed by atoms with E-state index >= 15 is 0 Å². The molecular formula is C12H14N2O2. The summed E-state index contributed by atoms with van der Waals surface area (Å²) in [6, 6.07) is 5.78. The summed E-state index contributed by atoms with van der Waals surface area (Å²) in [5, 5.41) is 9.06. The molecule has 0 aliphatic heterocycles. The van der Waals surface area contributed by atoms with Crippen molar-refractivity contribution in [2.24, 2.45) is 5.41 Å². The van der Waals surface area contributed by atoms with Crippen molar-refractivity contribution in [3.63, 3.8) is 0 Å². The number of aromatic amines is 1. The third kappa shape index (κ3) is 1.91. The molecule has 1 heterocycles. The minimum Gasteiger partial charge on any atom is -0.481 e. The normalized spacial score (nSPS) is 11.9. The van der Waals surface area contributed by atoms with Crippen LogP contribution in [0.3, 0.4) is 0 Å². The number of nitrogens with zero attached hydrogens (tertiary/aromatic N) is 1. The second-order valence-electron chi connectivity index (χ2n) is 4.62. The molecule has 0 saturated heterocycles. The molecule has 0 amide bonds. The van der Waals surface area contributed by atoms with Gasteiger partial charge < -0.3 is 10.1 Å². The SMILES string of the molecule is CC(C)(Cc1ccc2nc[nH]c2c1)C(=O)O. The monoisotopic (exact) mass is 218 g/mol. The topological polar surface area (TPSA) is 66.0 Å². The van der Waals surface area contributed by atoms with Crippen molar-refractivity contribution >= 4 is 17.0 Å². The van der Waals surface area contributed by atoms with E-state index in [1.807, 2.05) is 18.2 Å². The molecule has 2 aromatic rings. The number of carbonyl (C=O) groups is 1. The van der Waals surface area contributed by atoms with E-state index in [-0.39, 0.29) is 0 Å². The molecule has 84 valence electrons. The van der Waals surface area contributed by atoms with Crippen LogP contribution in [0.1, 0.15) is 19.4 Å². The number of carboxylic acid groups (broad SMARTS) is 1. The standard InChI is InChI=1S/C12H14N2O2/c1-12(2,11(15)16)6-8-3-4-9-10(5-8)14-7-13-9/h3-5,7H,6H2,1-2H3,(H,13,14)(H,15,16). The molecule has 0 aliphatic carbocycles. The summed E-state index contributed by atoms with van der Waals surface area (Å²) in [7, 11) is 0. The number of fused-ring (bicyclic) bond motifs is 1. The molecule has 0 bridgehead atoms. The van der Waals surface area contributed by atoms with Crippen molar-refractivity contribution in [2.75, 3.05) is 0 Å². The van der Waals surface area contributed by atoms with E-state index in [4.69, 9.17) is 5.11 Å². The minimum atomic E-state index is -0.780. The second-order valence-corrected chi connectivity index (χ2v) is 4.62. The highest BCUT2D eigenvalue weighted by molar-refractivity contribution is 5.76. The lowest BCUT2D eigenvalue weighted by molar-refractivity contribution is -0.146. The summed E-state index contributed by atoms with van der Waals surface area (Å²) < 4.78 is 0. The molecule has 1 aromatic heterocycles. The van der Waals surface area contributed by atoms with E-state index in [2.05, 4.69) is 9.97 Å². The van der Waals surface area contributed by atoms with Crippen LogP contribution in [0, 0.1) is 5.41 Å². The Labute approximate surface area is 93.3 Å². The molecule has 0 fully saturated rings. The van der Waals surface area contributed by atoms with E-state index in [1.54, 1.807) is 20.2 Å². The molecule has 0 spiro atoms. The van der Waals surface area contributed by atoms with Gasteiger partial charge >= 0.3 is 5.97 Å². The van der Waals surface area contributed by atoms with Gasteiger partial charge in [0.05, 0.1) is 22.8 Å². The molecule has 4 heteroatoms. The molecule has 2 N–H and O–H groups in total. The number of benzene rings is 1. The first-order chi connectivity index (χ1) is 7.49. The number of hydrogen-bond acceptors (Lipinski definition) is 2. The number of H-pyrrole nitrogens is 1. The summed E-state index contributed by atoms with van der Waals surface area (Å²) in [6.45, 7) is 3.46. The third-order valence-corrected chi connectivity index (χ3v) is 2.71. The number of rotatable bonds is 3. The lowest BCUT2D eigenvalue weighted by Crippen LogP contribution is -2.26. The maximum absolute atomic E-state index is 11.0. The first-order valence-electron chi connectivity index (χ1n) is 5.14. The predicted molar refractivity (Wildman–Crippen MR) is 61.2 cm³/mol. The average Bonchev–Trinajstić information content (AvgIpc) is 2.63. The Morgan fingerprint density at radius 2 is 2.25 bits per heavy atom. The second kappa shape index (κ2) is 3.63. The van der Waals surface area contributed by atoms with Crippen LogP contribution < -0.4 is 0 Å². The fourth-order valence-corrected chi connectivity index (χ4v) is 1.68. The van der Waals surface area contributed by atoms with Crippen LogP contribution in [-0.4, -0.2) is 21.0 Å². The number of aromatic nitrogens is 2. The highest BCUT2D eigenvalue weighted by atomic mass is 16.4. The Hall–Kier alpha value is -1.84. The maximum Gasteiger partial charge on any atom is 0.309 e. The molecule has 1 aromatic carbocycles. The van der Waals surface area contributed by atoms with Crippen molar-refractivity contribution in [3.8, 4) is 0 Å². The summed E-state index contributed by atoms with van der Waals surface area (Å²) in [6.07, 6.45) is 2.15. The fraction of sp³-hybridized carbons (Fsp3) is 0.333. The minimum absolute atomic E-state index is 0.511. The first-order valence-corrected chi connectivity index (χ1v) is 5.14. The molecule has 0 atom stereocenters. The first kappa shape index (κ1) is 10.7. The summed E-state index contributed by atoms with van der Waals surface area (Å²) in [5.74, 6) is -0.780. The van der Waals surface area contributed by atoms with Crippen molar-refractivity contribution in [3.05, 3.63) is 30.1 Å². The van der Waals surface area contributed by atoms with Crippen molar-refractivity contribution < 1.29 is 9.90 Å². The zero-order valence-electron chi connectivity index (χ0n) is 9.32. The lowest BCUT2D eigenvalue weighted by atomic mass is 9.86. The molecule has 0 saturated carbocycles. The Morgan fingerprint density at radius 1 is 1.50 bits per heavy atom. The van der Waals surface area contributed by atoms with Crippen LogP contribution in [0.4, 0.5) is 0 Å². The number of hydrogen-bond donors (Lipinski definition) is 2. The number of imidazole rings is 1. The predicted octanol–water partition coefficient (Wildman–Crippen LogP) is 2.22. The fourth-order valence-electron chi connectivity index (χ4n) is 1.68. The van der Waals surface area contributed by atoms with E-state index in [9.17, 15) is 4.79 Å². The van der Waals surface area contributed by atoms with Crippen molar-refractivity contribution in [1.29, 1.82) is 0 Å². The maximum atomic E-state index is 11.0. The Balaban J connectivity index is 2.30. The Bertz CT molecular complexity index is 529. The molecule has 4 nitrogen and oxygen atoms in total. The zero-order valence-corrected chi connectivity index (χ0v) is 9.32. The lowest BCUT2D eigenvalue weighted by Gasteiger charge is -2.18. The molecular weight excluding hydrogens is 204 g/mol. The third-order valence-electron chi connectivity index (χ3n) is 2.71. The van der Waals surface area contributed by atoms with E-state index in [1.165, 1.54) is 0 Å². The molecule has 2 rings (SSSR count). The van der Waals surface area contributed by atoms with Gasteiger partial charge in [0.25, 0.3) is 0 Å². The van der Waals surface area contributed by atoms with Crippen molar-refractivity contribution in [2.45, 2.75) is 20.3 Å². The summed E-state index contributed by atoms with van der Waals surface area (Å²) >= 11 is 0. The van der Waals surface area contributed by atoms with Gasteiger partial charge in [-0.1, -0.05) is 6.07 Å². The molecule has 0 unspecified atom stereocenters. The Morgan fingerprint density at radius 3 is 2.94 bits per heavy atom. The van der Waals surface area contributed by atoms with Gasteiger partial charge in [0.1, 0.15) is 0 Å². The van der Waals surface area contributed by atoms with Gasteiger partial charge in [0.2, 0.25) is 0 Å². The average molecular weight is 218 g/mol. The largest absolute Gasteiger partial charge is 0.481 e. The number of nitrogens with one attached hydrogen (secondary N) is 1. The Kier molecular flexibility index (Phi) is 2.42. The van der Waals surface area contributed by atoms with Crippen LogP contribution >= 0.6 is 0 Å². The molecule has 0 aliphatic rings. The van der Waals surface area contributed by atoms with Gasteiger partial charge in [-0.05, 0) is 38.0 Å². The van der Waals surface area contributed by atoms with Crippen LogP contribution in [0.15, 0.2) is 24.5 Å².